The highest BCUT2D eigenvalue weighted by atomic mass is 15.0. The van der Waals surface area contributed by atoms with Crippen molar-refractivity contribution < 1.29 is 0 Å². The number of fused-ring (bicyclic) bond motifs is 6. The van der Waals surface area contributed by atoms with E-state index in [0.717, 1.165) is 22.4 Å². The average Bonchev–Trinajstić information content (AvgIpc) is 3.50. The first kappa shape index (κ1) is 20.8. The Labute approximate surface area is 218 Å². The zero-order valence-corrected chi connectivity index (χ0v) is 20.3. The summed E-state index contributed by atoms with van der Waals surface area (Å²) < 4.78 is 4.55. The van der Waals surface area contributed by atoms with Crippen molar-refractivity contribution in [1.29, 1.82) is 0 Å². The Balaban J connectivity index is 1.37. The topological polar surface area (TPSA) is 35.1 Å². The largest absolute Gasteiger partial charge is 0.309 e. The van der Waals surface area contributed by atoms with E-state index < -0.39 is 0 Å². The van der Waals surface area contributed by atoms with E-state index in [-0.39, 0.29) is 0 Å². The second-order valence-electron chi connectivity index (χ2n) is 9.44. The summed E-state index contributed by atoms with van der Waals surface area (Å²) in [7, 11) is 0. The van der Waals surface area contributed by atoms with Crippen molar-refractivity contribution in [2.75, 3.05) is 0 Å². The van der Waals surface area contributed by atoms with Crippen LogP contribution in [0.4, 0.5) is 0 Å². The molecule has 0 atom stereocenters. The van der Waals surface area contributed by atoms with E-state index in [2.05, 4.69) is 128 Å². The number of hydrogen-bond donors (Lipinski definition) is 0. The molecular formula is C34H20N4. The fourth-order valence-electron chi connectivity index (χ4n) is 5.74. The van der Waals surface area contributed by atoms with E-state index in [1.807, 2.05) is 18.5 Å². The van der Waals surface area contributed by atoms with Gasteiger partial charge < -0.3 is 9.13 Å². The summed E-state index contributed by atoms with van der Waals surface area (Å²) in [5.41, 5.74) is 12.3. The molecule has 38 heavy (non-hydrogen) atoms. The van der Waals surface area contributed by atoms with Gasteiger partial charge in [-0.2, -0.15) is 0 Å². The Hall–Kier alpha value is -5.40. The minimum absolute atomic E-state index is 0.935. The Morgan fingerprint density at radius 3 is 1.76 bits per heavy atom. The minimum atomic E-state index is 0.935. The van der Waals surface area contributed by atoms with Gasteiger partial charge in [-0.3, -0.25) is 4.98 Å². The second-order valence-corrected chi connectivity index (χ2v) is 9.44. The lowest BCUT2D eigenvalue weighted by Crippen LogP contribution is -1.94. The van der Waals surface area contributed by atoms with E-state index >= 15 is 0 Å². The van der Waals surface area contributed by atoms with Crippen molar-refractivity contribution in [3.05, 3.63) is 127 Å². The molecule has 4 heteroatoms. The molecule has 0 spiro atoms. The summed E-state index contributed by atoms with van der Waals surface area (Å²) >= 11 is 0. The standard InChI is InChI=1S/C34H20N4/c1-3-7-31-27(5-1)29-21-23(9-11-33(29)37(31)25-13-17-35-18-14-25)24-10-12-34-30(22-24)28-6-2-4-8-32(28)38(34)26-15-19-36-20-16-26/h1-15,17-19,21-22H. The molecule has 4 nitrogen and oxygen atoms in total. The number of pyridine rings is 1. The lowest BCUT2D eigenvalue weighted by Gasteiger charge is -2.09. The summed E-state index contributed by atoms with van der Waals surface area (Å²) in [5.74, 6) is 2.86. The number of aromatic nitrogens is 3. The maximum atomic E-state index is 4.21. The van der Waals surface area contributed by atoms with Gasteiger partial charge in [0.15, 0.2) is 0 Å². The summed E-state index contributed by atoms with van der Waals surface area (Å²) in [4.78, 5) is 8.25. The van der Waals surface area contributed by atoms with Crippen molar-refractivity contribution in [3.63, 3.8) is 0 Å². The first-order chi connectivity index (χ1) is 18.9. The SMILES string of the molecule is C1=C=C(n2c3ccccc3c3cc(-c4ccc5c(c4)c4ccccc4n5-c4ccncc4)ccc32)C=CN=1. The number of benzene rings is 4. The third kappa shape index (κ3) is 3.00. The molecule has 0 radical (unpaired) electrons. The molecular weight excluding hydrogens is 464 g/mol. The molecule has 0 aliphatic carbocycles. The highest BCUT2D eigenvalue weighted by Gasteiger charge is 2.16. The minimum Gasteiger partial charge on any atom is -0.309 e. The Morgan fingerprint density at radius 1 is 0.553 bits per heavy atom. The van der Waals surface area contributed by atoms with E-state index in [4.69, 9.17) is 0 Å². The molecule has 1 aliphatic rings. The predicted octanol–water partition coefficient (Wildman–Crippen LogP) is 8.15. The van der Waals surface area contributed by atoms with Crippen molar-refractivity contribution in [3.8, 4) is 16.8 Å². The molecule has 0 bridgehead atoms. The van der Waals surface area contributed by atoms with Crippen molar-refractivity contribution in [2.24, 2.45) is 4.99 Å². The van der Waals surface area contributed by atoms with Crippen molar-refractivity contribution in [1.82, 2.24) is 14.1 Å². The van der Waals surface area contributed by atoms with E-state index in [1.54, 1.807) is 6.20 Å². The lowest BCUT2D eigenvalue weighted by atomic mass is 10.0. The molecule has 0 unspecified atom stereocenters. The van der Waals surface area contributed by atoms with Gasteiger partial charge in [-0.15, -0.1) is 0 Å². The number of para-hydroxylation sites is 2. The number of rotatable bonds is 3. The van der Waals surface area contributed by atoms with Gasteiger partial charge in [0, 0.05) is 51.7 Å². The Morgan fingerprint density at radius 2 is 1.13 bits per heavy atom. The zero-order valence-electron chi connectivity index (χ0n) is 20.3. The summed E-state index contributed by atoms with van der Waals surface area (Å²) in [6.07, 6.45) is 7.43. The molecule has 4 aromatic carbocycles. The maximum Gasteiger partial charge on any atom is 0.100 e. The molecule has 8 rings (SSSR count). The smallest absolute Gasteiger partial charge is 0.100 e. The first-order valence-corrected chi connectivity index (χ1v) is 12.6. The molecule has 0 fully saturated rings. The maximum absolute atomic E-state index is 4.21. The lowest BCUT2D eigenvalue weighted by molar-refractivity contribution is 1.16. The summed E-state index contributed by atoms with van der Waals surface area (Å²) in [5, 5.41) is 4.90. The number of hydrogen-bond acceptors (Lipinski definition) is 2. The molecule has 3 aromatic heterocycles. The van der Waals surface area contributed by atoms with Crippen LogP contribution in [0.25, 0.3) is 66.1 Å². The molecule has 0 saturated carbocycles. The molecule has 0 saturated heterocycles. The van der Waals surface area contributed by atoms with Gasteiger partial charge in [-0.25, -0.2) is 4.99 Å². The molecule has 0 amide bonds. The van der Waals surface area contributed by atoms with E-state index in [9.17, 15) is 0 Å². The van der Waals surface area contributed by atoms with Gasteiger partial charge in [0.1, 0.15) is 5.70 Å². The first-order valence-electron chi connectivity index (χ1n) is 12.6. The van der Waals surface area contributed by atoms with E-state index in [0.29, 0.717) is 0 Å². The van der Waals surface area contributed by atoms with Crippen LogP contribution < -0.4 is 0 Å². The third-order valence-corrected chi connectivity index (χ3v) is 7.40. The highest BCUT2D eigenvalue weighted by molar-refractivity contribution is 6.13. The fourth-order valence-corrected chi connectivity index (χ4v) is 5.74. The molecule has 7 aromatic rings. The third-order valence-electron chi connectivity index (χ3n) is 7.40. The normalized spacial score (nSPS) is 12.8. The van der Waals surface area contributed by atoms with Gasteiger partial charge in [0.25, 0.3) is 0 Å². The van der Waals surface area contributed by atoms with Gasteiger partial charge >= 0.3 is 0 Å². The number of nitrogens with zero attached hydrogens (tertiary/aromatic N) is 4. The Bertz CT molecular complexity index is 2200. The second kappa shape index (κ2) is 8.06. The summed E-state index contributed by atoms with van der Waals surface area (Å²) in [6, 6.07) is 34.8. The van der Waals surface area contributed by atoms with Crippen LogP contribution in [-0.2, 0) is 0 Å². The fraction of sp³-hybridized carbons (Fsp3) is 0. The monoisotopic (exact) mass is 484 g/mol. The van der Waals surface area contributed by atoms with Gasteiger partial charge in [0.05, 0.1) is 22.1 Å². The highest BCUT2D eigenvalue weighted by Crippen LogP contribution is 2.38. The molecule has 1 aliphatic heterocycles. The van der Waals surface area contributed by atoms with Crippen molar-refractivity contribution >= 4 is 55.2 Å². The van der Waals surface area contributed by atoms with Gasteiger partial charge in [-0.05, 0) is 71.5 Å². The Kier molecular flexibility index (Phi) is 4.40. The average molecular weight is 485 g/mol. The van der Waals surface area contributed by atoms with Crippen LogP contribution in [0.5, 0.6) is 0 Å². The molecule has 176 valence electrons. The molecule has 0 N–H and O–H groups in total. The van der Waals surface area contributed by atoms with Gasteiger partial charge in [-0.1, -0.05) is 48.5 Å². The summed E-state index contributed by atoms with van der Waals surface area (Å²) in [6.45, 7) is 0. The van der Waals surface area contributed by atoms with Crippen LogP contribution in [0.3, 0.4) is 0 Å². The number of aliphatic imine (C=N–C) groups is 1. The quantitative estimate of drug-likeness (QED) is 0.233. The van der Waals surface area contributed by atoms with Crippen LogP contribution in [0.2, 0.25) is 0 Å². The van der Waals surface area contributed by atoms with Crippen molar-refractivity contribution in [2.45, 2.75) is 0 Å². The van der Waals surface area contributed by atoms with Crippen LogP contribution in [-0.4, -0.2) is 20.0 Å². The van der Waals surface area contributed by atoms with Crippen LogP contribution >= 0.6 is 0 Å². The number of allylic oxidation sites excluding steroid dienone is 2. The molecule has 4 heterocycles. The zero-order chi connectivity index (χ0) is 25.1. The predicted molar refractivity (Wildman–Crippen MR) is 157 cm³/mol. The van der Waals surface area contributed by atoms with Crippen LogP contribution in [0.1, 0.15) is 0 Å². The van der Waals surface area contributed by atoms with Crippen LogP contribution in [0, 0.1) is 0 Å². The van der Waals surface area contributed by atoms with Gasteiger partial charge in [0.2, 0.25) is 0 Å². The van der Waals surface area contributed by atoms with E-state index in [1.165, 1.54) is 43.7 Å². The van der Waals surface area contributed by atoms with Crippen LogP contribution in [0.15, 0.2) is 132 Å².